The molecule has 138 valence electrons. The van der Waals surface area contributed by atoms with Crippen LogP contribution >= 0.6 is 0 Å². The molecule has 0 spiro atoms. The number of aromatic amines is 1. The third-order valence-electron chi connectivity index (χ3n) is 4.33. The second-order valence-electron chi connectivity index (χ2n) is 6.55. The van der Waals surface area contributed by atoms with Crippen molar-refractivity contribution in [2.24, 2.45) is 0 Å². The number of benzene rings is 2. The summed E-state index contributed by atoms with van der Waals surface area (Å²) in [7, 11) is 1.60. The normalized spacial score (nSPS) is 10.5. The molecule has 0 radical (unpaired) electrons. The maximum absolute atomic E-state index is 12.8. The van der Waals surface area contributed by atoms with E-state index in [2.05, 4.69) is 15.5 Å². The summed E-state index contributed by atoms with van der Waals surface area (Å²) in [6.45, 7) is 3.85. The van der Waals surface area contributed by atoms with Crippen molar-refractivity contribution in [1.82, 2.24) is 15.1 Å². The van der Waals surface area contributed by atoms with Gasteiger partial charge in [-0.1, -0.05) is 42.5 Å². The fourth-order valence-corrected chi connectivity index (χ4v) is 2.83. The highest BCUT2D eigenvalue weighted by molar-refractivity contribution is 6.02. The summed E-state index contributed by atoms with van der Waals surface area (Å²) < 4.78 is 0. The maximum Gasteiger partial charge on any atom is 0.257 e. The van der Waals surface area contributed by atoms with Gasteiger partial charge in [0, 0.05) is 18.3 Å². The van der Waals surface area contributed by atoms with E-state index >= 15 is 0 Å². The maximum atomic E-state index is 12.8. The Bertz CT molecular complexity index is 963. The molecule has 0 bridgehead atoms. The molecule has 0 aliphatic heterocycles. The van der Waals surface area contributed by atoms with Crippen LogP contribution in [0, 0.1) is 13.8 Å². The first-order valence-electron chi connectivity index (χ1n) is 8.67. The van der Waals surface area contributed by atoms with Crippen molar-refractivity contribution >= 4 is 17.5 Å². The van der Waals surface area contributed by atoms with Crippen molar-refractivity contribution < 1.29 is 9.59 Å². The number of aryl methyl sites for hydroxylation is 2. The van der Waals surface area contributed by atoms with Crippen molar-refractivity contribution in [1.29, 1.82) is 0 Å². The largest absolute Gasteiger partial charge is 0.332 e. The smallest absolute Gasteiger partial charge is 0.257 e. The second-order valence-corrected chi connectivity index (χ2v) is 6.55. The van der Waals surface area contributed by atoms with Crippen molar-refractivity contribution in [2.75, 3.05) is 18.9 Å². The van der Waals surface area contributed by atoms with Crippen LogP contribution in [0.3, 0.4) is 0 Å². The van der Waals surface area contributed by atoms with E-state index < -0.39 is 0 Å². The zero-order valence-corrected chi connectivity index (χ0v) is 15.6. The lowest BCUT2D eigenvalue weighted by molar-refractivity contribution is -0.116. The number of nitrogens with zero attached hydrogens (tertiary/aromatic N) is 2. The Hall–Kier alpha value is -3.41. The summed E-state index contributed by atoms with van der Waals surface area (Å²) in [6.07, 6.45) is 1.49. The zero-order valence-electron chi connectivity index (χ0n) is 15.6. The molecule has 0 atom stereocenters. The van der Waals surface area contributed by atoms with Gasteiger partial charge in [0.05, 0.1) is 24.0 Å². The van der Waals surface area contributed by atoms with Gasteiger partial charge in [-0.2, -0.15) is 5.10 Å². The Morgan fingerprint density at radius 2 is 1.85 bits per heavy atom. The highest BCUT2D eigenvalue weighted by Crippen LogP contribution is 2.22. The lowest BCUT2D eigenvalue weighted by Crippen LogP contribution is -2.35. The minimum absolute atomic E-state index is 0.0500. The van der Waals surface area contributed by atoms with Gasteiger partial charge in [-0.25, -0.2) is 0 Å². The molecule has 6 nitrogen and oxygen atoms in total. The van der Waals surface area contributed by atoms with E-state index in [4.69, 9.17) is 0 Å². The average molecular weight is 362 g/mol. The van der Waals surface area contributed by atoms with Gasteiger partial charge in [-0.15, -0.1) is 0 Å². The third-order valence-corrected chi connectivity index (χ3v) is 4.33. The van der Waals surface area contributed by atoms with E-state index in [1.165, 1.54) is 11.1 Å². The molecule has 0 fully saturated rings. The third kappa shape index (κ3) is 4.23. The van der Waals surface area contributed by atoms with Crippen LogP contribution in [-0.4, -0.2) is 40.5 Å². The Morgan fingerprint density at radius 1 is 1.11 bits per heavy atom. The molecule has 2 amide bonds. The van der Waals surface area contributed by atoms with E-state index in [1.54, 1.807) is 7.05 Å². The molecule has 27 heavy (non-hydrogen) atoms. The van der Waals surface area contributed by atoms with Crippen LogP contribution in [0.2, 0.25) is 0 Å². The van der Waals surface area contributed by atoms with Crippen LogP contribution < -0.4 is 5.32 Å². The van der Waals surface area contributed by atoms with Crippen LogP contribution in [0.15, 0.2) is 54.7 Å². The number of amides is 2. The molecule has 3 aromatic rings. The van der Waals surface area contributed by atoms with Crippen LogP contribution in [0.25, 0.3) is 11.3 Å². The number of aromatic nitrogens is 2. The van der Waals surface area contributed by atoms with Crippen LogP contribution in [0.1, 0.15) is 21.5 Å². The van der Waals surface area contributed by atoms with Crippen LogP contribution in [0.4, 0.5) is 5.69 Å². The topological polar surface area (TPSA) is 78.1 Å². The van der Waals surface area contributed by atoms with E-state index in [9.17, 15) is 9.59 Å². The van der Waals surface area contributed by atoms with Gasteiger partial charge in [0.15, 0.2) is 0 Å². The lowest BCUT2D eigenvalue weighted by atomic mass is 10.1. The first-order valence-corrected chi connectivity index (χ1v) is 8.67. The molecule has 6 heteroatoms. The molecule has 0 aliphatic rings. The molecular weight excluding hydrogens is 340 g/mol. The summed E-state index contributed by atoms with van der Waals surface area (Å²) in [6, 6.07) is 15.4. The summed E-state index contributed by atoms with van der Waals surface area (Å²) in [5, 5.41) is 9.74. The SMILES string of the molecule is Cc1ccc(C)c(NC(=O)CN(C)C(=O)c2cn[nH]c2-c2ccccc2)c1. The van der Waals surface area contributed by atoms with E-state index in [-0.39, 0.29) is 18.4 Å². The fraction of sp³-hybridized carbons (Fsp3) is 0.190. The molecule has 0 unspecified atom stereocenters. The molecule has 2 aromatic carbocycles. The zero-order chi connectivity index (χ0) is 19.4. The second kappa shape index (κ2) is 7.86. The number of nitrogens with one attached hydrogen (secondary N) is 2. The quantitative estimate of drug-likeness (QED) is 0.730. The van der Waals surface area contributed by atoms with Crippen molar-refractivity contribution in [2.45, 2.75) is 13.8 Å². The summed E-state index contributed by atoms with van der Waals surface area (Å²) in [5.74, 6) is -0.511. The first kappa shape index (κ1) is 18.4. The summed E-state index contributed by atoms with van der Waals surface area (Å²) in [4.78, 5) is 26.6. The number of hydrogen-bond acceptors (Lipinski definition) is 3. The minimum Gasteiger partial charge on any atom is -0.332 e. The first-order chi connectivity index (χ1) is 13.0. The van der Waals surface area contributed by atoms with Gasteiger partial charge in [0.1, 0.15) is 0 Å². The molecule has 0 saturated carbocycles. The number of H-pyrrole nitrogens is 1. The lowest BCUT2D eigenvalue weighted by Gasteiger charge is -2.17. The van der Waals surface area contributed by atoms with Crippen molar-refractivity contribution in [3.05, 3.63) is 71.4 Å². The number of carbonyl (C=O) groups excluding carboxylic acids is 2. The van der Waals surface area contributed by atoms with Gasteiger partial charge < -0.3 is 10.2 Å². The van der Waals surface area contributed by atoms with Gasteiger partial charge in [0.2, 0.25) is 5.91 Å². The highest BCUT2D eigenvalue weighted by atomic mass is 16.2. The number of rotatable bonds is 5. The Morgan fingerprint density at radius 3 is 2.59 bits per heavy atom. The molecule has 1 aromatic heterocycles. The highest BCUT2D eigenvalue weighted by Gasteiger charge is 2.20. The average Bonchev–Trinajstić information content (AvgIpc) is 3.14. The molecule has 1 heterocycles. The Kier molecular flexibility index (Phi) is 5.35. The monoisotopic (exact) mass is 362 g/mol. The Balaban J connectivity index is 1.71. The molecular formula is C21H22N4O2. The van der Waals surface area contributed by atoms with Gasteiger partial charge in [-0.3, -0.25) is 14.7 Å². The van der Waals surface area contributed by atoms with Crippen LogP contribution in [0.5, 0.6) is 0 Å². The van der Waals surface area contributed by atoms with Crippen molar-refractivity contribution in [3.8, 4) is 11.3 Å². The van der Waals surface area contributed by atoms with Gasteiger partial charge in [0.25, 0.3) is 5.91 Å². The fourth-order valence-electron chi connectivity index (χ4n) is 2.83. The molecule has 0 aliphatic carbocycles. The minimum atomic E-state index is -0.265. The molecule has 0 saturated heterocycles. The Labute approximate surface area is 158 Å². The number of likely N-dealkylation sites (N-methyl/N-ethyl adjacent to an activating group) is 1. The van der Waals surface area contributed by atoms with E-state index in [0.717, 1.165) is 22.4 Å². The van der Waals surface area contributed by atoms with E-state index in [0.29, 0.717) is 11.3 Å². The van der Waals surface area contributed by atoms with Crippen molar-refractivity contribution in [3.63, 3.8) is 0 Å². The molecule has 3 rings (SSSR count). The van der Waals surface area contributed by atoms with E-state index in [1.807, 2.05) is 62.4 Å². The van der Waals surface area contributed by atoms with Gasteiger partial charge in [-0.05, 0) is 31.0 Å². The van der Waals surface area contributed by atoms with Gasteiger partial charge >= 0.3 is 0 Å². The van der Waals surface area contributed by atoms with Crippen LogP contribution in [-0.2, 0) is 4.79 Å². The number of hydrogen-bond donors (Lipinski definition) is 2. The predicted molar refractivity (Wildman–Crippen MR) is 106 cm³/mol. The number of anilines is 1. The summed E-state index contributed by atoms with van der Waals surface area (Å²) >= 11 is 0. The predicted octanol–water partition coefficient (Wildman–Crippen LogP) is 3.40. The summed E-state index contributed by atoms with van der Waals surface area (Å²) in [5.41, 5.74) is 4.74. The number of carbonyl (C=O) groups is 2. The standard InChI is InChI=1S/C21H22N4O2/c1-14-9-10-15(2)18(11-14)23-19(26)13-25(3)21(27)17-12-22-24-20(17)16-7-5-4-6-8-16/h4-12H,13H2,1-3H3,(H,22,24)(H,23,26). The molecule has 2 N–H and O–H groups in total.